The third-order valence-corrected chi connectivity index (χ3v) is 9.78. The van der Waals surface area contributed by atoms with Crippen LogP contribution in [0, 0.1) is 38.5 Å². The molecule has 1 aliphatic heterocycles. The third-order valence-electron chi connectivity index (χ3n) is 9.78. The van der Waals surface area contributed by atoms with Gasteiger partial charge in [-0.1, -0.05) is 72.6 Å². The zero-order valence-corrected chi connectivity index (χ0v) is 27.9. The molecule has 0 bridgehead atoms. The Morgan fingerprint density at radius 2 is 1.56 bits per heavy atom. The molecule has 3 aromatic rings. The van der Waals surface area contributed by atoms with Crippen LogP contribution in [0.3, 0.4) is 0 Å². The minimum absolute atomic E-state index is 0.0516. The van der Waals surface area contributed by atoms with Crippen molar-refractivity contribution in [1.29, 1.82) is 0 Å². The maximum Gasteiger partial charge on any atom is 0.235 e. The molecule has 0 saturated carbocycles. The Labute approximate surface area is 259 Å². The predicted octanol–water partition coefficient (Wildman–Crippen LogP) is 10.7. The molecule has 43 heavy (non-hydrogen) atoms. The van der Waals surface area contributed by atoms with Crippen molar-refractivity contribution in [2.45, 2.75) is 132 Å². The van der Waals surface area contributed by atoms with Crippen LogP contribution in [0.25, 0.3) is 11.0 Å². The van der Waals surface area contributed by atoms with Crippen molar-refractivity contribution in [3.63, 3.8) is 0 Å². The highest BCUT2D eigenvalue weighted by atomic mass is 16.5. The van der Waals surface area contributed by atoms with Crippen LogP contribution in [0.5, 0.6) is 23.0 Å². The first-order valence-corrected chi connectivity index (χ1v) is 16.6. The Morgan fingerprint density at radius 3 is 2.23 bits per heavy atom. The Bertz CT molecular complexity index is 1450. The van der Waals surface area contributed by atoms with E-state index < -0.39 is 0 Å². The molecule has 5 nitrogen and oxygen atoms in total. The number of phenolic OH excluding ortho intramolecular Hbond substituents is 1. The minimum Gasteiger partial charge on any atom is -0.508 e. The first kappa shape index (κ1) is 33.0. The quantitative estimate of drug-likeness (QED) is 0.202. The van der Waals surface area contributed by atoms with Gasteiger partial charge in [0, 0.05) is 11.6 Å². The van der Waals surface area contributed by atoms with Crippen molar-refractivity contribution >= 4 is 11.0 Å². The molecule has 0 radical (unpaired) electrons. The largest absolute Gasteiger partial charge is 0.508 e. The van der Waals surface area contributed by atoms with Crippen LogP contribution in [0.1, 0.15) is 121 Å². The van der Waals surface area contributed by atoms with Gasteiger partial charge in [-0.15, -0.1) is 0 Å². The molecule has 3 atom stereocenters. The van der Waals surface area contributed by atoms with Gasteiger partial charge >= 0.3 is 0 Å². The van der Waals surface area contributed by atoms with Crippen LogP contribution in [-0.4, -0.2) is 10.7 Å². The molecular weight excluding hydrogens is 536 g/mol. The van der Waals surface area contributed by atoms with E-state index in [1.807, 2.05) is 6.92 Å². The number of phenols is 1. The second kappa shape index (κ2) is 14.2. The lowest BCUT2D eigenvalue weighted by Gasteiger charge is -2.38. The van der Waals surface area contributed by atoms with Crippen LogP contribution in [0.15, 0.2) is 33.7 Å². The minimum atomic E-state index is -0.260. The number of fused-ring (bicyclic) bond motifs is 2. The van der Waals surface area contributed by atoms with E-state index in [1.165, 1.54) is 75.3 Å². The molecule has 0 saturated heterocycles. The van der Waals surface area contributed by atoms with Gasteiger partial charge in [-0.2, -0.15) is 0 Å². The Hall–Kier alpha value is -2.95. The summed E-state index contributed by atoms with van der Waals surface area (Å²) in [5.74, 6) is 4.29. The summed E-state index contributed by atoms with van der Waals surface area (Å²) in [6, 6.07) is 4.48. The normalized spacial score (nSPS) is 18.0. The van der Waals surface area contributed by atoms with Crippen molar-refractivity contribution in [3.05, 3.63) is 56.9 Å². The molecule has 0 fully saturated rings. The van der Waals surface area contributed by atoms with E-state index in [0.29, 0.717) is 16.7 Å². The molecule has 1 aromatic heterocycles. The van der Waals surface area contributed by atoms with Crippen LogP contribution in [0.4, 0.5) is 0 Å². The first-order chi connectivity index (χ1) is 20.4. The lowest BCUT2D eigenvalue weighted by atomic mass is 9.83. The van der Waals surface area contributed by atoms with Gasteiger partial charge in [-0.3, -0.25) is 4.79 Å². The molecule has 1 aliphatic rings. The van der Waals surface area contributed by atoms with E-state index in [-0.39, 0.29) is 22.5 Å². The number of hydrogen-bond acceptors (Lipinski definition) is 5. The molecule has 1 N–H and O–H groups in total. The van der Waals surface area contributed by atoms with Crippen molar-refractivity contribution in [3.8, 4) is 23.0 Å². The molecule has 5 heteroatoms. The number of aromatic hydroxyl groups is 1. The van der Waals surface area contributed by atoms with E-state index in [9.17, 15) is 9.90 Å². The molecule has 4 rings (SSSR count). The molecule has 0 amide bonds. The summed E-state index contributed by atoms with van der Waals surface area (Å²) in [6.07, 6.45) is 14.9. The van der Waals surface area contributed by atoms with Crippen molar-refractivity contribution < 1.29 is 19.0 Å². The smallest absolute Gasteiger partial charge is 0.235 e. The van der Waals surface area contributed by atoms with Gasteiger partial charge in [0.2, 0.25) is 11.2 Å². The van der Waals surface area contributed by atoms with Crippen LogP contribution in [-0.2, 0) is 6.42 Å². The van der Waals surface area contributed by atoms with Gasteiger partial charge in [-0.05, 0) is 100.0 Å². The van der Waals surface area contributed by atoms with Crippen LogP contribution in [0.2, 0.25) is 0 Å². The zero-order valence-electron chi connectivity index (χ0n) is 27.9. The highest BCUT2D eigenvalue weighted by molar-refractivity contribution is 5.79. The number of hydrogen-bond donors (Lipinski definition) is 1. The van der Waals surface area contributed by atoms with E-state index in [2.05, 4.69) is 48.5 Å². The summed E-state index contributed by atoms with van der Waals surface area (Å²) in [5, 5.41) is 10.1. The molecule has 0 aliphatic carbocycles. The maximum absolute atomic E-state index is 13.1. The number of ether oxygens (including phenoxy) is 2. The highest BCUT2D eigenvalue weighted by Gasteiger charge is 2.34. The standard InChI is InChI=1S/C38H54O5/c1-24(2)12-9-13-25(3)14-10-15-26(4)16-11-20-38(8)21-19-31-29(7)36(27(5)28(6)37(31)43-38)42-34-23-41-33-22-30(39)17-18-32(33)35(34)40/h17-18,22-26,39H,9-16,19-21H2,1-8H3/t25-,26-,38+/m0/s1. The second-order valence-electron chi connectivity index (χ2n) is 14.1. The fourth-order valence-corrected chi connectivity index (χ4v) is 6.69. The maximum atomic E-state index is 13.1. The van der Waals surface area contributed by atoms with E-state index in [1.54, 1.807) is 6.07 Å². The fraction of sp³-hybridized carbons (Fsp3) is 0.605. The summed E-state index contributed by atoms with van der Waals surface area (Å²) in [7, 11) is 0. The van der Waals surface area contributed by atoms with E-state index in [0.717, 1.165) is 59.5 Å². The zero-order chi connectivity index (χ0) is 31.3. The second-order valence-corrected chi connectivity index (χ2v) is 14.1. The van der Waals surface area contributed by atoms with Crippen LogP contribution >= 0.6 is 0 Å². The Morgan fingerprint density at radius 1 is 0.907 bits per heavy atom. The summed E-state index contributed by atoms with van der Waals surface area (Å²) < 4.78 is 18.7. The molecule has 0 unspecified atom stereocenters. The van der Waals surface area contributed by atoms with Gasteiger partial charge in [-0.25, -0.2) is 0 Å². The summed E-state index contributed by atoms with van der Waals surface area (Å²) in [5.41, 5.74) is 4.11. The molecule has 236 valence electrons. The molecule has 2 aromatic carbocycles. The van der Waals surface area contributed by atoms with Crippen molar-refractivity contribution in [1.82, 2.24) is 0 Å². The lowest BCUT2D eigenvalue weighted by Crippen LogP contribution is -2.37. The average molecular weight is 591 g/mol. The lowest BCUT2D eigenvalue weighted by molar-refractivity contribution is 0.0512. The SMILES string of the molecule is Cc1c(C)c2c(c(C)c1Oc1coc3cc(O)ccc3c1=O)CC[C@@](C)(CCC[C@@H](C)CCC[C@@H](C)CCCC(C)C)O2. The Balaban J connectivity index is 1.35. The van der Waals surface area contributed by atoms with Crippen molar-refractivity contribution in [2.75, 3.05) is 0 Å². The first-order valence-electron chi connectivity index (χ1n) is 16.6. The fourth-order valence-electron chi connectivity index (χ4n) is 6.69. The van der Waals surface area contributed by atoms with Gasteiger partial charge in [0.05, 0.1) is 5.39 Å². The Kier molecular flexibility index (Phi) is 10.9. The number of benzene rings is 2. The monoisotopic (exact) mass is 590 g/mol. The topological polar surface area (TPSA) is 68.9 Å². The third kappa shape index (κ3) is 8.16. The summed E-state index contributed by atoms with van der Waals surface area (Å²) >= 11 is 0. The number of rotatable bonds is 14. The van der Waals surface area contributed by atoms with Gasteiger partial charge < -0.3 is 19.0 Å². The average Bonchev–Trinajstić information content (AvgIpc) is 2.95. The highest BCUT2D eigenvalue weighted by Crippen LogP contribution is 2.46. The molecule has 0 spiro atoms. The van der Waals surface area contributed by atoms with Gasteiger partial charge in [0.25, 0.3) is 0 Å². The van der Waals surface area contributed by atoms with Gasteiger partial charge in [0.15, 0.2) is 0 Å². The molecule has 2 heterocycles. The van der Waals surface area contributed by atoms with E-state index in [4.69, 9.17) is 13.9 Å². The predicted molar refractivity (Wildman–Crippen MR) is 177 cm³/mol. The molecular formula is C38H54O5. The summed E-state index contributed by atoms with van der Waals surface area (Å²) in [4.78, 5) is 13.1. The van der Waals surface area contributed by atoms with E-state index >= 15 is 0 Å². The van der Waals surface area contributed by atoms with Crippen LogP contribution < -0.4 is 14.9 Å². The van der Waals surface area contributed by atoms with Gasteiger partial charge in [0.1, 0.15) is 34.7 Å². The summed E-state index contributed by atoms with van der Waals surface area (Å²) in [6.45, 7) is 17.9. The van der Waals surface area contributed by atoms with Crippen molar-refractivity contribution in [2.24, 2.45) is 17.8 Å².